The molecular formula is C14H14N2O4. The van der Waals surface area contributed by atoms with Crippen LogP contribution in [0.2, 0.25) is 0 Å². The number of rotatable bonds is 4. The van der Waals surface area contributed by atoms with Gasteiger partial charge in [0, 0.05) is 13.0 Å². The van der Waals surface area contributed by atoms with Crippen LogP contribution in [0.5, 0.6) is 5.75 Å². The van der Waals surface area contributed by atoms with Gasteiger partial charge in [-0.3, -0.25) is 4.79 Å². The zero-order chi connectivity index (χ0) is 14.7. The van der Waals surface area contributed by atoms with Crippen molar-refractivity contribution in [3.63, 3.8) is 0 Å². The average Bonchev–Trinajstić information content (AvgIpc) is 2.80. The zero-order valence-electron chi connectivity index (χ0n) is 11.0. The van der Waals surface area contributed by atoms with Crippen LogP contribution in [0.15, 0.2) is 18.2 Å². The van der Waals surface area contributed by atoms with Crippen molar-refractivity contribution in [3.05, 3.63) is 29.3 Å². The second-order valence-corrected chi connectivity index (χ2v) is 4.56. The molecule has 0 saturated carbocycles. The van der Waals surface area contributed by atoms with E-state index >= 15 is 0 Å². The molecule has 1 aliphatic heterocycles. The topological polar surface area (TPSA) is 90.6 Å². The van der Waals surface area contributed by atoms with Crippen LogP contribution in [0.4, 0.5) is 0 Å². The molecule has 1 aromatic rings. The Labute approximate surface area is 116 Å². The fourth-order valence-corrected chi connectivity index (χ4v) is 2.31. The Hall–Kier alpha value is -2.55. The number of amides is 1. The summed E-state index contributed by atoms with van der Waals surface area (Å²) in [6.45, 7) is 0.206. The molecule has 2 rings (SSSR count). The van der Waals surface area contributed by atoms with Crippen molar-refractivity contribution in [2.24, 2.45) is 0 Å². The van der Waals surface area contributed by atoms with Crippen molar-refractivity contribution in [3.8, 4) is 11.8 Å². The molecule has 1 amide bonds. The molecule has 0 bridgehead atoms. The second kappa shape index (κ2) is 5.61. The van der Waals surface area contributed by atoms with Crippen molar-refractivity contribution < 1.29 is 19.4 Å². The van der Waals surface area contributed by atoms with Crippen molar-refractivity contribution >= 4 is 11.9 Å². The molecule has 1 aliphatic rings. The molecule has 1 fully saturated rings. The Kier molecular flexibility index (Phi) is 3.89. The van der Waals surface area contributed by atoms with E-state index in [1.807, 2.05) is 6.07 Å². The number of benzene rings is 1. The number of carbonyl (C=O) groups excluding carboxylic acids is 1. The van der Waals surface area contributed by atoms with Crippen LogP contribution in [-0.2, 0) is 16.1 Å². The minimum Gasteiger partial charge on any atom is -0.495 e. The molecule has 104 valence electrons. The monoisotopic (exact) mass is 274 g/mol. The van der Waals surface area contributed by atoms with Gasteiger partial charge in [-0.05, 0) is 24.1 Å². The van der Waals surface area contributed by atoms with Gasteiger partial charge in [-0.1, -0.05) is 6.07 Å². The van der Waals surface area contributed by atoms with Crippen LogP contribution in [0.1, 0.15) is 24.0 Å². The van der Waals surface area contributed by atoms with Gasteiger partial charge in [-0.25, -0.2) is 4.79 Å². The largest absolute Gasteiger partial charge is 0.495 e. The fraction of sp³-hybridized carbons (Fsp3) is 0.357. The highest BCUT2D eigenvalue weighted by Crippen LogP contribution is 2.25. The molecule has 0 spiro atoms. The first-order chi connectivity index (χ1) is 9.56. The highest BCUT2D eigenvalue weighted by atomic mass is 16.5. The predicted molar refractivity (Wildman–Crippen MR) is 68.9 cm³/mol. The number of aliphatic carboxylic acids is 1. The molecule has 1 aromatic carbocycles. The van der Waals surface area contributed by atoms with E-state index in [-0.39, 0.29) is 18.9 Å². The van der Waals surface area contributed by atoms with E-state index in [4.69, 9.17) is 15.1 Å². The van der Waals surface area contributed by atoms with E-state index in [9.17, 15) is 9.59 Å². The van der Waals surface area contributed by atoms with Gasteiger partial charge in [0.2, 0.25) is 5.91 Å². The Morgan fingerprint density at radius 1 is 1.60 bits per heavy atom. The number of nitriles is 1. The Morgan fingerprint density at radius 3 is 2.95 bits per heavy atom. The third-order valence-electron chi connectivity index (χ3n) is 3.35. The molecule has 20 heavy (non-hydrogen) atoms. The van der Waals surface area contributed by atoms with Crippen molar-refractivity contribution in [2.75, 3.05) is 7.11 Å². The number of hydrogen-bond donors (Lipinski definition) is 1. The lowest BCUT2D eigenvalue weighted by atomic mass is 10.1. The number of ether oxygens (including phenoxy) is 1. The van der Waals surface area contributed by atoms with E-state index < -0.39 is 12.0 Å². The maximum atomic E-state index is 11.8. The number of carboxylic acid groups (broad SMARTS) is 1. The summed E-state index contributed by atoms with van der Waals surface area (Å²) in [5.41, 5.74) is 1.14. The molecule has 1 unspecified atom stereocenters. The minimum absolute atomic E-state index is 0.166. The number of likely N-dealkylation sites (tertiary alicyclic amines) is 1. The van der Waals surface area contributed by atoms with E-state index in [0.717, 1.165) is 5.56 Å². The summed E-state index contributed by atoms with van der Waals surface area (Å²) in [7, 11) is 1.46. The third-order valence-corrected chi connectivity index (χ3v) is 3.35. The standard InChI is InChI=1S/C14H14N2O4/c1-20-12-6-9(2-3-10(12)7-15)8-16-11(14(18)19)4-5-13(16)17/h2-3,6,11H,4-5,8H2,1H3,(H,18,19). The lowest BCUT2D eigenvalue weighted by molar-refractivity contribution is -0.146. The Bertz CT molecular complexity index is 591. The lowest BCUT2D eigenvalue weighted by Gasteiger charge is -2.21. The molecule has 1 atom stereocenters. The van der Waals surface area contributed by atoms with Crippen LogP contribution < -0.4 is 4.74 Å². The van der Waals surface area contributed by atoms with Gasteiger partial charge in [0.15, 0.2) is 0 Å². The van der Waals surface area contributed by atoms with Gasteiger partial charge in [0.1, 0.15) is 17.9 Å². The first-order valence-corrected chi connectivity index (χ1v) is 6.16. The predicted octanol–water partition coefficient (Wildman–Crippen LogP) is 1.14. The molecule has 1 saturated heterocycles. The SMILES string of the molecule is COc1cc(CN2C(=O)CCC2C(=O)O)ccc1C#N. The van der Waals surface area contributed by atoms with E-state index in [2.05, 4.69) is 0 Å². The maximum absolute atomic E-state index is 11.8. The normalized spacial score (nSPS) is 17.9. The van der Waals surface area contributed by atoms with E-state index in [1.165, 1.54) is 12.0 Å². The summed E-state index contributed by atoms with van der Waals surface area (Å²) in [4.78, 5) is 24.2. The first kappa shape index (κ1) is 13.9. The van der Waals surface area contributed by atoms with E-state index in [1.54, 1.807) is 18.2 Å². The summed E-state index contributed by atoms with van der Waals surface area (Å²) >= 11 is 0. The molecule has 0 aliphatic carbocycles. The summed E-state index contributed by atoms with van der Waals surface area (Å²) in [5, 5.41) is 18.0. The molecule has 6 heteroatoms. The number of hydrogen-bond acceptors (Lipinski definition) is 4. The summed E-state index contributed by atoms with van der Waals surface area (Å²) < 4.78 is 5.10. The third kappa shape index (κ3) is 2.57. The summed E-state index contributed by atoms with van der Waals surface area (Å²) in [5.74, 6) is -0.735. The maximum Gasteiger partial charge on any atom is 0.326 e. The molecule has 1 heterocycles. The van der Waals surface area contributed by atoms with Gasteiger partial charge in [0.25, 0.3) is 0 Å². The van der Waals surface area contributed by atoms with Gasteiger partial charge in [0.05, 0.1) is 12.7 Å². The van der Waals surface area contributed by atoms with Crippen LogP contribution in [0, 0.1) is 11.3 Å². The minimum atomic E-state index is -0.989. The van der Waals surface area contributed by atoms with Gasteiger partial charge >= 0.3 is 5.97 Å². The zero-order valence-corrected chi connectivity index (χ0v) is 11.0. The van der Waals surface area contributed by atoms with Crippen molar-refractivity contribution in [2.45, 2.75) is 25.4 Å². The highest BCUT2D eigenvalue weighted by molar-refractivity contribution is 5.87. The lowest BCUT2D eigenvalue weighted by Crippen LogP contribution is -2.37. The molecule has 0 aromatic heterocycles. The number of carboxylic acids is 1. The van der Waals surface area contributed by atoms with Gasteiger partial charge < -0.3 is 14.7 Å². The summed E-state index contributed by atoms with van der Waals surface area (Å²) in [6.07, 6.45) is 0.589. The highest BCUT2D eigenvalue weighted by Gasteiger charge is 2.35. The summed E-state index contributed by atoms with van der Waals surface area (Å²) in [6, 6.07) is 6.19. The van der Waals surface area contributed by atoms with Gasteiger partial charge in [-0.15, -0.1) is 0 Å². The van der Waals surface area contributed by atoms with Crippen LogP contribution in [0.25, 0.3) is 0 Å². The molecule has 6 nitrogen and oxygen atoms in total. The average molecular weight is 274 g/mol. The number of nitrogens with zero attached hydrogens (tertiary/aromatic N) is 2. The first-order valence-electron chi connectivity index (χ1n) is 6.16. The fourth-order valence-electron chi connectivity index (χ4n) is 2.31. The molecule has 0 radical (unpaired) electrons. The van der Waals surface area contributed by atoms with Gasteiger partial charge in [-0.2, -0.15) is 5.26 Å². The number of methoxy groups -OCH3 is 1. The molecule has 1 N–H and O–H groups in total. The number of carbonyl (C=O) groups is 2. The Balaban J connectivity index is 2.23. The van der Waals surface area contributed by atoms with E-state index in [0.29, 0.717) is 17.7 Å². The second-order valence-electron chi connectivity index (χ2n) is 4.56. The quantitative estimate of drug-likeness (QED) is 0.889. The van der Waals surface area contributed by atoms with Crippen molar-refractivity contribution in [1.29, 1.82) is 5.26 Å². The molecular weight excluding hydrogens is 260 g/mol. The van der Waals surface area contributed by atoms with Crippen LogP contribution in [0.3, 0.4) is 0 Å². The smallest absolute Gasteiger partial charge is 0.326 e. The van der Waals surface area contributed by atoms with Crippen molar-refractivity contribution in [1.82, 2.24) is 4.90 Å². The van der Waals surface area contributed by atoms with Crippen LogP contribution in [-0.4, -0.2) is 35.0 Å². The Morgan fingerprint density at radius 2 is 2.35 bits per heavy atom. The van der Waals surface area contributed by atoms with Crippen LogP contribution >= 0.6 is 0 Å².